The summed E-state index contributed by atoms with van der Waals surface area (Å²) in [6.07, 6.45) is 1.31. The van der Waals surface area contributed by atoms with E-state index in [-0.39, 0.29) is 16.6 Å². The maximum atomic E-state index is 13.6. The van der Waals surface area contributed by atoms with Gasteiger partial charge in [-0.2, -0.15) is 0 Å². The zero-order valence-electron chi connectivity index (χ0n) is 18.4. The second-order valence-electron chi connectivity index (χ2n) is 7.33. The van der Waals surface area contributed by atoms with Gasteiger partial charge in [0, 0.05) is 16.5 Å². The van der Waals surface area contributed by atoms with Crippen LogP contribution in [-0.2, 0) is 14.3 Å². The number of aromatic nitrogens is 1. The molecule has 3 aromatic carbocycles. The predicted octanol–water partition coefficient (Wildman–Crippen LogP) is 5.17. The number of carbonyl (C=O) groups is 2. The van der Waals surface area contributed by atoms with Gasteiger partial charge in [0.25, 0.3) is 0 Å². The molecule has 170 valence electrons. The van der Waals surface area contributed by atoms with E-state index in [1.54, 1.807) is 47.0 Å². The maximum Gasteiger partial charge on any atom is 0.344 e. The summed E-state index contributed by atoms with van der Waals surface area (Å²) in [4.78, 5) is 39.0. The van der Waals surface area contributed by atoms with Crippen molar-refractivity contribution in [1.82, 2.24) is 4.57 Å². The predicted molar refractivity (Wildman–Crippen MR) is 132 cm³/mol. The highest BCUT2D eigenvalue weighted by Gasteiger charge is 2.26. The Balaban J connectivity index is 2.30. The summed E-state index contributed by atoms with van der Waals surface area (Å²) in [5.41, 5.74) is 1.66. The van der Waals surface area contributed by atoms with Crippen molar-refractivity contribution in [2.45, 2.75) is 0 Å². The van der Waals surface area contributed by atoms with Crippen LogP contribution in [0.5, 0.6) is 0 Å². The van der Waals surface area contributed by atoms with Crippen molar-refractivity contribution in [3.63, 3.8) is 0 Å². The molecule has 7 heteroatoms. The first-order valence-electron chi connectivity index (χ1n) is 10.3. The quantitative estimate of drug-likeness (QED) is 0.295. The third-order valence-electron chi connectivity index (χ3n) is 5.34. The smallest absolute Gasteiger partial charge is 0.344 e. The lowest BCUT2D eigenvalue weighted by atomic mass is 9.99. The summed E-state index contributed by atoms with van der Waals surface area (Å²) in [7, 11) is 2.50. The molecule has 0 unspecified atom stereocenters. The molecule has 4 aromatic rings. The van der Waals surface area contributed by atoms with Crippen LogP contribution in [-0.4, -0.2) is 30.7 Å². The van der Waals surface area contributed by atoms with E-state index in [0.29, 0.717) is 27.4 Å². The minimum absolute atomic E-state index is 0.157. The standard InChI is InChI=1S/C27H20ClNO5/c1-33-23(30)16-21(17-9-5-3-6-10-17)29-22-15-19(28)13-14-20(22)26(31)24(27(32)34-2)25(29)18-11-7-4-8-12-18/h3-16H,1-2H3/b21-16-. The van der Waals surface area contributed by atoms with Crippen molar-refractivity contribution in [2.75, 3.05) is 14.2 Å². The first kappa shape index (κ1) is 23.0. The fourth-order valence-electron chi connectivity index (χ4n) is 3.82. The number of nitrogens with zero attached hydrogens (tertiary/aromatic N) is 1. The third-order valence-corrected chi connectivity index (χ3v) is 5.57. The molecule has 4 rings (SSSR count). The van der Waals surface area contributed by atoms with Crippen molar-refractivity contribution in [3.05, 3.63) is 111 Å². The summed E-state index contributed by atoms with van der Waals surface area (Å²) < 4.78 is 11.6. The van der Waals surface area contributed by atoms with Crippen LogP contribution in [0.3, 0.4) is 0 Å². The molecule has 0 amide bonds. The molecule has 0 aliphatic carbocycles. The summed E-state index contributed by atoms with van der Waals surface area (Å²) in [6.45, 7) is 0. The summed E-state index contributed by atoms with van der Waals surface area (Å²) in [5.74, 6) is -1.40. The molecule has 0 aliphatic rings. The van der Waals surface area contributed by atoms with E-state index in [0.717, 1.165) is 0 Å². The first-order chi connectivity index (χ1) is 16.5. The van der Waals surface area contributed by atoms with E-state index in [9.17, 15) is 14.4 Å². The van der Waals surface area contributed by atoms with E-state index in [1.807, 2.05) is 36.4 Å². The van der Waals surface area contributed by atoms with Gasteiger partial charge in [-0.3, -0.25) is 4.79 Å². The summed E-state index contributed by atoms with van der Waals surface area (Å²) in [6, 6.07) is 22.8. The molecule has 0 bridgehead atoms. The number of methoxy groups -OCH3 is 2. The first-order valence-corrected chi connectivity index (χ1v) is 10.7. The van der Waals surface area contributed by atoms with Gasteiger partial charge in [0.05, 0.1) is 31.1 Å². The lowest BCUT2D eigenvalue weighted by Crippen LogP contribution is -2.23. The van der Waals surface area contributed by atoms with Gasteiger partial charge in [-0.05, 0) is 29.3 Å². The number of esters is 2. The van der Waals surface area contributed by atoms with Gasteiger partial charge in [0.15, 0.2) is 0 Å². The van der Waals surface area contributed by atoms with E-state index in [4.69, 9.17) is 21.1 Å². The number of ether oxygens (including phenoxy) is 2. The van der Waals surface area contributed by atoms with Crippen molar-refractivity contribution in [3.8, 4) is 11.3 Å². The Morgan fingerprint density at radius 1 is 0.882 bits per heavy atom. The lowest BCUT2D eigenvalue weighted by molar-refractivity contribution is -0.134. The molecule has 0 N–H and O–H groups in total. The van der Waals surface area contributed by atoms with Crippen molar-refractivity contribution < 1.29 is 19.1 Å². The maximum absolute atomic E-state index is 13.6. The molecule has 0 saturated heterocycles. The van der Waals surface area contributed by atoms with E-state index in [1.165, 1.54) is 20.3 Å². The zero-order chi connectivity index (χ0) is 24.2. The number of benzene rings is 3. The molecule has 0 spiro atoms. The van der Waals surface area contributed by atoms with Gasteiger partial charge < -0.3 is 14.0 Å². The van der Waals surface area contributed by atoms with Crippen LogP contribution in [0, 0.1) is 0 Å². The molecular weight excluding hydrogens is 454 g/mol. The lowest BCUT2D eigenvalue weighted by Gasteiger charge is -2.23. The highest BCUT2D eigenvalue weighted by atomic mass is 35.5. The fourth-order valence-corrected chi connectivity index (χ4v) is 3.99. The minimum atomic E-state index is -0.792. The van der Waals surface area contributed by atoms with Crippen LogP contribution in [0.1, 0.15) is 15.9 Å². The molecular formula is C27H20ClNO5. The normalized spacial score (nSPS) is 11.3. The van der Waals surface area contributed by atoms with E-state index >= 15 is 0 Å². The molecule has 0 radical (unpaired) electrons. The Morgan fingerprint density at radius 3 is 2.15 bits per heavy atom. The number of fused-ring (bicyclic) bond motifs is 1. The zero-order valence-corrected chi connectivity index (χ0v) is 19.2. The van der Waals surface area contributed by atoms with Gasteiger partial charge in [-0.25, -0.2) is 9.59 Å². The molecule has 6 nitrogen and oxygen atoms in total. The number of rotatable bonds is 5. The number of hydrogen-bond acceptors (Lipinski definition) is 5. The Hall–Kier alpha value is -4.16. The fraction of sp³-hybridized carbons (Fsp3) is 0.0741. The van der Waals surface area contributed by atoms with Crippen molar-refractivity contribution in [1.29, 1.82) is 0 Å². The van der Waals surface area contributed by atoms with Crippen LogP contribution in [0.15, 0.2) is 89.7 Å². The number of pyridine rings is 1. The van der Waals surface area contributed by atoms with Gasteiger partial charge in [-0.1, -0.05) is 72.3 Å². The van der Waals surface area contributed by atoms with Gasteiger partial charge in [0.1, 0.15) is 5.56 Å². The number of carbonyl (C=O) groups excluding carboxylic acids is 2. The Kier molecular flexibility index (Phi) is 6.61. The molecule has 0 fully saturated rings. The van der Waals surface area contributed by atoms with Crippen molar-refractivity contribution >= 4 is 40.1 Å². The average molecular weight is 474 g/mol. The second kappa shape index (κ2) is 9.77. The van der Waals surface area contributed by atoms with Crippen LogP contribution >= 0.6 is 11.6 Å². The largest absolute Gasteiger partial charge is 0.466 e. The third kappa shape index (κ3) is 4.23. The Labute approximate surface area is 200 Å². The number of hydrogen-bond donors (Lipinski definition) is 0. The molecule has 0 atom stereocenters. The highest BCUT2D eigenvalue weighted by molar-refractivity contribution is 6.31. The van der Waals surface area contributed by atoms with Crippen LogP contribution in [0.4, 0.5) is 0 Å². The molecule has 34 heavy (non-hydrogen) atoms. The average Bonchev–Trinajstić information content (AvgIpc) is 2.87. The van der Waals surface area contributed by atoms with Crippen LogP contribution < -0.4 is 5.43 Å². The van der Waals surface area contributed by atoms with E-state index in [2.05, 4.69) is 0 Å². The molecule has 1 heterocycles. The Bertz CT molecular complexity index is 1470. The SMILES string of the molecule is COC(=O)/C=C(/c1ccccc1)n1c(-c2ccccc2)c(C(=O)OC)c(=O)c2ccc(Cl)cc21. The topological polar surface area (TPSA) is 74.6 Å². The van der Waals surface area contributed by atoms with Gasteiger partial charge in [-0.15, -0.1) is 0 Å². The Morgan fingerprint density at radius 2 is 1.53 bits per heavy atom. The van der Waals surface area contributed by atoms with Gasteiger partial charge in [0.2, 0.25) is 5.43 Å². The van der Waals surface area contributed by atoms with Crippen LogP contribution in [0.2, 0.25) is 5.02 Å². The van der Waals surface area contributed by atoms with E-state index < -0.39 is 17.4 Å². The number of halogens is 1. The summed E-state index contributed by atoms with van der Waals surface area (Å²) in [5, 5.41) is 0.632. The second-order valence-corrected chi connectivity index (χ2v) is 7.76. The molecule has 0 aliphatic heterocycles. The molecule has 0 saturated carbocycles. The minimum Gasteiger partial charge on any atom is -0.466 e. The summed E-state index contributed by atoms with van der Waals surface area (Å²) >= 11 is 6.34. The monoisotopic (exact) mass is 473 g/mol. The van der Waals surface area contributed by atoms with Crippen molar-refractivity contribution in [2.24, 2.45) is 0 Å². The highest BCUT2D eigenvalue weighted by Crippen LogP contribution is 2.33. The van der Waals surface area contributed by atoms with Gasteiger partial charge >= 0.3 is 11.9 Å². The molecule has 1 aromatic heterocycles. The van der Waals surface area contributed by atoms with Crippen LogP contribution in [0.25, 0.3) is 27.9 Å².